The Morgan fingerprint density at radius 2 is 2.04 bits per heavy atom. The molecule has 1 heterocycles. The summed E-state index contributed by atoms with van der Waals surface area (Å²) in [6.45, 7) is 0. The molecule has 1 amide bonds. The predicted molar refractivity (Wildman–Crippen MR) is 84.0 cm³/mol. The molecule has 24 heavy (non-hydrogen) atoms. The van der Waals surface area contributed by atoms with Crippen LogP contribution in [0.25, 0.3) is 0 Å². The van der Waals surface area contributed by atoms with Crippen molar-refractivity contribution in [2.45, 2.75) is 18.5 Å². The summed E-state index contributed by atoms with van der Waals surface area (Å²) >= 11 is 0. The first-order valence-electron chi connectivity index (χ1n) is 7.50. The Bertz CT molecular complexity index is 739. The highest BCUT2D eigenvalue weighted by Gasteiger charge is 2.46. The molecule has 2 atom stereocenters. The van der Waals surface area contributed by atoms with E-state index in [9.17, 15) is 18.0 Å². The van der Waals surface area contributed by atoms with E-state index >= 15 is 0 Å². The van der Waals surface area contributed by atoms with Gasteiger partial charge in [-0.25, -0.2) is 0 Å². The van der Waals surface area contributed by atoms with Gasteiger partial charge >= 0.3 is 6.18 Å². The van der Waals surface area contributed by atoms with Crippen LogP contribution in [0.15, 0.2) is 41.0 Å². The molecule has 0 unspecified atom stereocenters. The molecular formula is C17H17F3N2O2. The molecule has 7 heteroatoms. The molecule has 1 fully saturated rings. The zero-order valence-corrected chi connectivity index (χ0v) is 13.2. The maximum Gasteiger partial charge on any atom is 0.416 e. The Kier molecular flexibility index (Phi) is 4.03. The van der Waals surface area contributed by atoms with Crippen molar-refractivity contribution in [3.05, 3.63) is 47.9 Å². The van der Waals surface area contributed by atoms with E-state index in [0.717, 1.165) is 17.9 Å². The lowest BCUT2D eigenvalue weighted by molar-refractivity contribution is -0.137. The Balaban J connectivity index is 1.79. The number of hydrogen-bond acceptors (Lipinski definition) is 3. The second kappa shape index (κ2) is 5.89. The van der Waals surface area contributed by atoms with Gasteiger partial charge in [-0.15, -0.1) is 0 Å². The number of amides is 1. The maximum absolute atomic E-state index is 12.9. The van der Waals surface area contributed by atoms with Gasteiger partial charge in [0.25, 0.3) is 0 Å². The summed E-state index contributed by atoms with van der Waals surface area (Å²) in [4.78, 5) is 14.0. The molecule has 1 saturated carbocycles. The molecule has 1 aliphatic carbocycles. The minimum atomic E-state index is -4.46. The van der Waals surface area contributed by atoms with Crippen LogP contribution in [0.1, 0.15) is 23.7 Å². The highest BCUT2D eigenvalue weighted by molar-refractivity contribution is 5.98. The van der Waals surface area contributed by atoms with Crippen LogP contribution >= 0.6 is 0 Å². The van der Waals surface area contributed by atoms with E-state index in [1.165, 1.54) is 6.07 Å². The van der Waals surface area contributed by atoms with Gasteiger partial charge in [0.1, 0.15) is 5.76 Å². The third-order valence-electron chi connectivity index (χ3n) is 4.10. The average Bonchev–Trinajstić information content (AvgIpc) is 3.12. The van der Waals surface area contributed by atoms with Gasteiger partial charge in [0.05, 0.1) is 23.2 Å². The molecule has 128 valence electrons. The largest absolute Gasteiger partial charge is 0.469 e. The summed E-state index contributed by atoms with van der Waals surface area (Å²) in [5.41, 5.74) is -0.113. The van der Waals surface area contributed by atoms with E-state index in [0.29, 0.717) is 12.1 Å². The van der Waals surface area contributed by atoms with E-state index in [-0.39, 0.29) is 23.4 Å². The fraction of sp³-hybridized carbons (Fsp3) is 0.353. The monoisotopic (exact) mass is 338 g/mol. The second-order valence-corrected chi connectivity index (χ2v) is 6.08. The summed E-state index contributed by atoms with van der Waals surface area (Å²) < 4.78 is 44.0. The fourth-order valence-electron chi connectivity index (χ4n) is 2.73. The number of hydrogen-bond donors (Lipinski definition) is 1. The summed E-state index contributed by atoms with van der Waals surface area (Å²) in [6.07, 6.45) is -2.28. The summed E-state index contributed by atoms with van der Waals surface area (Å²) in [5, 5.41) is 2.64. The lowest BCUT2D eigenvalue weighted by atomic mass is 10.1. The van der Waals surface area contributed by atoms with Crippen LogP contribution in [-0.2, 0) is 11.0 Å². The van der Waals surface area contributed by atoms with Crippen molar-refractivity contribution in [2.75, 3.05) is 24.3 Å². The first-order chi connectivity index (χ1) is 11.3. The topological polar surface area (TPSA) is 45.5 Å². The van der Waals surface area contributed by atoms with Gasteiger partial charge in [-0.1, -0.05) is 0 Å². The van der Waals surface area contributed by atoms with Gasteiger partial charge in [-0.2, -0.15) is 13.2 Å². The van der Waals surface area contributed by atoms with Crippen LogP contribution < -0.4 is 10.2 Å². The molecule has 0 spiro atoms. The van der Waals surface area contributed by atoms with Gasteiger partial charge < -0.3 is 14.6 Å². The molecule has 3 rings (SSSR count). The summed E-state index contributed by atoms with van der Waals surface area (Å²) in [5.74, 6) is 0.153. The zero-order valence-electron chi connectivity index (χ0n) is 13.2. The number of anilines is 2. The number of nitrogens with zero attached hydrogens (tertiary/aromatic N) is 1. The van der Waals surface area contributed by atoms with Crippen molar-refractivity contribution in [2.24, 2.45) is 5.92 Å². The third kappa shape index (κ3) is 3.25. The van der Waals surface area contributed by atoms with Crippen LogP contribution in [0, 0.1) is 5.92 Å². The molecule has 0 bridgehead atoms. The zero-order chi connectivity index (χ0) is 17.5. The number of alkyl halides is 3. The van der Waals surface area contributed by atoms with Crippen LogP contribution in [0.2, 0.25) is 0 Å². The molecule has 0 aliphatic heterocycles. The lowest BCUT2D eigenvalue weighted by Gasteiger charge is -2.20. The number of furan rings is 1. The standard InChI is InChI=1S/C17H17F3N2O2/c1-22(2)14-6-5-10(17(18,19)20)8-13(14)21-16(23)12-9-11(12)15-4-3-7-24-15/h3-8,11-12H,9H2,1-2H3,(H,21,23)/t11-,12+/m1/s1. The molecule has 1 aromatic heterocycles. The van der Waals surface area contributed by atoms with Crippen molar-refractivity contribution in [3.8, 4) is 0 Å². The molecule has 1 N–H and O–H groups in total. The molecule has 0 radical (unpaired) electrons. The molecule has 2 aromatic rings. The lowest BCUT2D eigenvalue weighted by Crippen LogP contribution is -2.19. The number of halogens is 3. The van der Waals surface area contributed by atoms with E-state index in [2.05, 4.69) is 5.32 Å². The molecular weight excluding hydrogens is 321 g/mol. The quantitative estimate of drug-likeness (QED) is 0.913. The van der Waals surface area contributed by atoms with Crippen molar-refractivity contribution < 1.29 is 22.4 Å². The Labute approximate surface area is 137 Å². The highest BCUT2D eigenvalue weighted by Crippen LogP contribution is 2.48. The SMILES string of the molecule is CN(C)c1ccc(C(F)(F)F)cc1NC(=O)[C@H]1C[C@H]1c1ccco1. The van der Waals surface area contributed by atoms with Crippen LogP contribution in [0.5, 0.6) is 0 Å². The second-order valence-electron chi connectivity index (χ2n) is 6.08. The smallest absolute Gasteiger partial charge is 0.416 e. The number of nitrogens with one attached hydrogen (secondary N) is 1. The minimum absolute atomic E-state index is 0.00592. The molecule has 0 saturated heterocycles. The van der Waals surface area contributed by atoms with E-state index < -0.39 is 11.7 Å². The molecule has 4 nitrogen and oxygen atoms in total. The Hall–Kier alpha value is -2.44. The van der Waals surface area contributed by atoms with Gasteiger partial charge in [-0.3, -0.25) is 4.79 Å². The number of rotatable bonds is 4. The Morgan fingerprint density at radius 1 is 1.29 bits per heavy atom. The van der Waals surface area contributed by atoms with E-state index in [4.69, 9.17) is 4.42 Å². The fourth-order valence-corrected chi connectivity index (χ4v) is 2.73. The third-order valence-corrected chi connectivity index (χ3v) is 4.10. The van der Waals surface area contributed by atoms with Gasteiger partial charge in [0.2, 0.25) is 5.91 Å². The predicted octanol–water partition coefficient (Wildman–Crippen LogP) is 4.11. The first-order valence-corrected chi connectivity index (χ1v) is 7.50. The Morgan fingerprint density at radius 3 is 2.62 bits per heavy atom. The average molecular weight is 338 g/mol. The minimum Gasteiger partial charge on any atom is -0.469 e. The summed E-state index contributed by atoms with van der Waals surface area (Å²) in [7, 11) is 3.42. The number of benzene rings is 1. The maximum atomic E-state index is 12.9. The molecule has 1 aromatic carbocycles. The molecule has 1 aliphatic rings. The van der Waals surface area contributed by atoms with Gasteiger partial charge in [-0.05, 0) is 36.8 Å². The van der Waals surface area contributed by atoms with Crippen LogP contribution in [0.4, 0.5) is 24.5 Å². The van der Waals surface area contributed by atoms with Crippen molar-refractivity contribution >= 4 is 17.3 Å². The first kappa shape index (κ1) is 16.4. The normalized spacial score (nSPS) is 19.9. The van der Waals surface area contributed by atoms with Gasteiger partial charge in [0.15, 0.2) is 0 Å². The van der Waals surface area contributed by atoms with Crippen molar-refractivity contribution in [3.63, 3.8) is 0 Å². The van der Waals surface area contributed by atoms with E-state index in [1.54, 1.807) is 37.4 Å². The highest BCUT2D eigenvalue weighted by atomic mass is 19.4. The summed E-state index contributed by atoms with van der Waals surface area (Å²) in [6, 6.07) is 6.88. The number of carbonyl (C=O) groups excluding carboxylic acids is 1. The number of carbonyl (C=O) groups is 1. The van der Waals surface area contributed by atoms with Crippen LogP contribution in [-0.4, -0.2) is 20.0 Å². The van der Waals surface area contributed by atoms with Crippen LogP contribution in [0.3, 0.4) is 0 Å². The van der Waals surface area contributed by atoms with Crippen molar-refractivity contribution in [1.29, 1.82) is 0 Å². The van der Waals surface area contributed by atoms with E-state index in [1.807, 2.05) is 0 Å². The van der Waals surface area contributed by atoms with Crippen molar-refractivity contribution in [1.82, 2.24) is 0 Å². The van der Waals surface area contributed by atoms with Gasteiger partial charge in [0, 0.05) is 25.9 Å².